The Labute approximate surface area is 173 Å². The normalized spacial score (nSPS) is 10.5. The van der Waals surface area contributed by atoms with Crippen LogP contribution in [0.1, 0.15) is 5.56 Å². The number of anilines is 1. The second-order valence-corrected chi connectivity index (χ2v) is 6.61. The molecule has 0 aliphatic heterocycles. The van der Waals surface area contributed by atoms with Crippen molar-refractivity contribution in [1.29, 1.82) is 0 Å². The van der Waals surface area contributed by atoms with Gasteiger partial charge < -0.3 is 20.4 Å². The highest BCUT2D eigenvalue weighted by molar-refractivity contribution is 5.97. The molecule has 0 aliphatic rings. The first kappa shape index (κ1) is 19.2. The summed E-state index contributed by atoms with van der Waals surface area (Å²) in [7, 11) is 0. The molecule has 7 heteroatoms. The van der Waals surface area contributed by atoms with Gasteiger partial charge in [-0.25, -0.2) is 9.78 Å². The van der Waals surface area contributed by atoms with Crippen molar-refractivity contribution >= 4 is 28.7 Å². The van der Waals surface area contributed by atoms with Gasteiger partial charge in [0.25, 0.3) is 0 Å². The van der Waals surface area contributed by atoms with Crippen LogP contribution in [-0.4, -0.2) is 28.5 Å². The lowest BCUT2D eigenvalue weighted by Crippen LogP contribution is -2.33. The number of aromatic nitrogens is 2. The summed E-state index contributed by atoms with van der Waals surface area (Å²) in [6.07, 6.45) is -0.653. The van der Waals surface area contributed by atoms with Gasteiger partial charge in [-0.1, -0.05) is 54.6 Å². The minimum Gasteiger partial charge on any atom is -0.445 e. The van der Waals surface area contributed by atoms with Crippen molar-refractivity contribution in [3.63, 3.8) is 0 Å². The molecule has 0 bridgehead atoms. The molecule has 4 rings (SSSR count). The summed E-state index contributed by atoms with van der Waals surface area (Å²) in [6.45, 7) is -0.0642. The third kappa shape index (κ3) is 4.64. The molecule has 0 unspecified atom stereocenters. The molecule has 3 aromatic carbocycles. The number of nitrogens with zero attached hydrogens (tertiary/aromatic N) is 1. The third-order valence-corrected chi connectivity index (χ3v) is 4.45. The first-order valence-corrected chi connectivity index (χ1v) is 9.47. The van der Waals surface area contributed by atoms with E-state index in [1.54, 1.807) is 6.07 Å². The summed E-state index contributed by atoms with van der Waals surface area (Å²) >= 11 is 0. The quantitative estimate of drug-likeness (QED) is 0.454. The monoisotopic (exact) mass is 400 g/mol. The number of aromatic amines is 1. The van der Waals surface area contributed by atoms with Crippen LogP contribution in [0.3, 0.4) is 0 Å². The van der Waals surface area contributed by atoms with Crippen molar-refractivity contribution in [2.75, 3.05) is 11.9 Å². The summed E-state index contributed by atoms with van der Waals surface area (Å²) < 4.78 is 5.11. The summed E-state index contributed by atoms with van der Waals surface area (Å²) in [5, 5.41) is 5.27. The molecular weight excluding hydrogens is 380 g/mol. The number of nitrogens with one attached hydrogen (secondary N) is 3. The van der Waals surface area contributed by atoms with Crippen LogP contribution < -0.4 is 10.6 Å². The Kier molecular flexibility index (Phi) is 5.70. The van der Waals surface area contributed by atoms with E-state index >= 15 is 0 Å². The predicted octanol–water partition coefficient (Wildman–Crippen LogP) is 4.09. The Morgan fingerprint density at radius 2 is 1.63 bits per heavy atom. The molecule has 1 aromatic heterocycles. The molecule has 0 aliphatic carbocycles. The number of benzene rings is 3. The van der Waals surface area contributed by atoms with Crippen LogP contribution in [-0.2, 0) is 16.1 Å². The van der Waals surface area contributed by atoms with E-state index in [1.807, 2.05) is 72.8 Å². The van der Waals surface area contributed by atoms with Crippen molar-refractivity contribution in [2.24, 2.45) is 0 Å². The maximum absolute atomic E-state index is 12.3. The molecule has 1 heterocycles. The topological polar surface area (TPSA) is 96.1 Å². The highest BCUT2D eigenvalue weighted by Crippen LogP contribution is 2.27. The minimum atomic E-state index is -0.653. The third-order valence-electron chi connectivity index (χ3n) is 4.45. The summed E-state index contributed by atoms with van der Waals surface area (Å²) in [5.41, 5.74) is 3.99. The fourth-order valence-electron chi connectivity index (χ4n) is 3.00. The molecule has 7 nitrogen and oxygen atoms in total. The lowest BCUT2D eigenvalue weighted by Gasteiger charge is -2.10. The number of rotatable bonds is 6. The zero-order valence-electron chi connectivity index (χ0n) is 16.1. The number of amides is 2. The lowest BCUT2D eigenvalue weighted by molar-refractivity contribution is -0.115. The van der Waals surface area contributed by atoms with Gasteiger partial charge in [0.1, 0.15) is 19.0 Å². The van der Waals surface area contributed by atoms with E-state index < -0.39 is 6.09 Å². The second-order valence-electron chi connectivity index (χ2n) is 6.61. The first-order valence-electron chi connectivity index (χ1n) is 9.47. The fourth-order valence-corrected chi connectivity index (χ4v) is 3.00. The summed E-state index contributed by atoms with van der Waals surface area (Å²) in [5.74, 6) is 0.289. The van der Waals surface area contributed by atoms with Crippen LogP contribution in [0.15, 0.2) is 78.9 Å². The van der Waals surface area contributed by atoms with Crippen LogP contribution in [0.25, 0.3) is 22.4 Å². The van der Waals surface area contributed by atoms with E-state index in [9.17, 15) is 9.59 Å². The average molecular weight is 400 g/mol. The molecule has 0 saturated heterocycles. The van der Waals surface area contributed by atoms with Crippen LogP contribution in [0.4, 0.5) is 10.5 Å². The van der Waals surface area contributed by atoms with Gasteiger partial charge in [-0.2, -0.15) is 0 Å². The molecule has 150 valence electrons. The van der Waals surface area contributed by atoms with Gasteiger partial charge in [0.05, 0.1) is 16.7 Å². The molecule has 0 radical (unpaired) electrons. The smallest absolute Gasteiger partial charge is 0.407 e. The predicted molar refractivity (Wildman–Crippen MR) is 115 cm³/mol. The Morgan fingerprint density at radius 3 is 2.47 bits per heavy atom. The molecule has 3 N–H and O–H groups in total. The van der Waals surface area contributed by atoms with Gasteiger partial charge in [0.15, 0.2) is 0 Å². The Balaban J connectivity index is 1.36. The largest absolute Gasteiger partial charge is 0.445 e. The van der Waals surface area contributed by atoms with E-state index in [2.05, 4.69) is 20.6 Å². The van der Waals surface area contributed by atoms with Crippen LogP contribution in [0.5, 0.6) is 0 Å². The number of hydrogen-bond donors (Lipinski definition) is 3. The fraction of sp³-hybridized carbons (Fsp3) is 0.0870. The Hall–Kier alpha value is -4.13. The molecule has 0 fully saturated rings. The number of alkyl carbamates (subject to hydrolysis) is 1. The Bertz CT molecular complexity index is 1140. The zero-order valence-corrected chi connectivity index (χ0v) is 16.1. The van der Waals surface area contributed by atoms with Crippen LogP contribution >= 0.6 is 0 Å². The van der Waals surface area contributed by atoms with E-state index in [1.165, 1.54) is 0 Å². The number of fused-ring (bicyclic) bond motifs is 1. The minimum absolute atomic E-state index is 0.142. The molecule has 0 atom stereocenters. The van der Waals surface area contributed by atoms with Crippen LogP contribution in [0, 0.1) is 0 Å². The van der Waals surface area contributed by atoms with Crippen LogP contribution in [0.2, 0.25) is 0 Å². The number of carbonyl (C=O) groups excluding carboxylic acids is 2. The van der Waals surface area contributed by atoms with E-state index in [-0.39, 0.29) is 19.1 Å². The lowest BCUT2D eigenvalue weighted by atomic mass is 10.1. The number of imidazole rings is 1. The second kappa shape index (κ2) is 8.91. The maximum atomic E-state index is 12.3. The van der Waals surface area contributed by atoms with Gasteiger partial charge in [-0.05, 0) is 29.8 Å². The molecule has 4 aromatic rings. The van der Waals surface area contributed by atoms with Gasteiger partial charge in [-0.15, -0.1) is 0 Å². The van der Waals surface area contributed by atoms with E-state index in [4.69, 9.17) is 4.74 Å². The van der Waals surface area contributed by atoms with Gasteiger partial charge >= 0.3 is 6.09 Å². The molecule has 30 heavy (non-hydrogen) atoms. The number of H-pyrrole nitrogens is 1. The van der Waals surface area contributed by atoms with Crippen molar-refractivity contribution < 1.29 is 14.3 Å². The Morgan fingerprint density at radius 1 is 0.900 bits per heavy atom. The SMILES string of the molecule is O=C(CNC(=O)OCc1ccccc1)Nc1ccccc1-c1nc2ccccc2[nH]1. The van der Waals surface area contributed by atoms with E-state index in [0.717, 1.165) is 22.2 Å². The maximum Gasteiger partial charge on any atom is 0.407 e. The average Bonchev–Trinajstić information content (AvgIpc) is 3.21. The molecule has 0 spiro atoms. The standard InChI is InChI=1S/C23H20N4O3/c28-21(14-24-23(29)30-15-16-8-2-1-3-9-16)25-18-11-5-4-10-17(18)22-26-19-12-6-7-13-20(19)27-22/h1-13H,14-15H2,(H,24,29)(H,25,28)(H,26,27). The molecule has 2 amide bonds. The number of para-hydroxylation sites is 3. The van der Waals surface area contributed by atoms with Crippen molar-refractivity contribution in [3.05, 3.63) is 84.4 Å². The van der Waals surface area contributed by atoms with Gasteiger partial charge in [0, 0.05) is 5.56 Å². The van der Waals surface area contributed by atoms with Crippen molar-refractivity contribution in [3.8, 4) is 11.4 Å². The van der Waals surface area contributed by atoms with Gasteiger partial charge in [-0.3, -0.25) is 4.79 Å². The number of ether oxygens (including phenoxy) is 1. The highest BCUT2D eigenvalue weighted by Gasteiger charge is 2.13. The summed E-state index contributed by atoms with van der Waals surface area (Å²) in [6, 6.07) is 24.4. The van der Waals surface area contributed by atoms with Crippen molar-refractivity contribution in [1.82, 2.24) is 15.3 Å². The molecular formula is C23H20N4O3. The zero-order chi connectivity index (χ0) is 20.8. The van der Waals surface area contributed by atoms with Gasteiger partial charge in [0.2, 0.25) is 5.91 Å². The molecule has 0 saturated carbocycles. The van der Waals surface area contributed by atoms with Crippen molar-refractivity contribution in [2.45, 2.75) is 6.61 Å². The van der Waals surface area contributed by atoms with E-state index in [0.29, 0.717) is 11.5 Å². The highest BCUT2D eigenvalue weighted by atomic mass is 16.5. The summed E-state index contributed by atoms with van der Waals surface area (Å²) in [4.78, 5) is 32.0. The first-order chi connectivity index (χ1) is 14.7. The number of hydrogen-bond acceptors (Lipinski definition) is 4. The number of carbonyl (C=O) groups is 2.